The van der Waals surface area contributed by atoms with E-state index in [2.05, 4.69) is 46.6 Å². The Morgan fingerprint density at radius 1 is 0.905 bits per heavy atom. The Morgan fingerprint density at radius 2 is 1.48 bits per heavy atom. The maximum absolute atomic E-state index is 12.8. The van der Waals surface area contributed by atoms with E-state index in [0.29, 0.717) is 5.75 Å². The first-order valence-electron chi connectivity index (χ1n) is 12.5. The van der Waals surface area contributed by atoms with Crippen molar-refractivity contribution in [1.82, 2.24) is 0 Å². The first kappa shape index (κ1) is 32.1. The van der Waals surface area contributed by atoms with Gasteiger partial charge in [0.05, 0.1) is 23.3 Å². The lowest BCUT2D eigenvalue weighted by molar-refractivity contribution is -0.192. The number of aryl methyl sites for hydroxylation is 1. The van der Waals surface area contributed by atoms with Gasteiger partial charge in [-0.05, 0) is 73.5 Å². The molecule has 1 heterocycles. The third kappa shape index (κ3) is 7.84. The third-order valence-corrected chi connectivity index (χ3v) is 8.03. The highest BCUT2D eigenvalue weighted by Crippen LogP contribution is 2.29. The van der Waals surface area contributed by atoms with E-state index in [1.165, 1.54) is 60.3 Å². The van der Waals surface area contributed by atoms with Crippen LogP contribution in [0.25, 0.3) is 0 Å². The second kappa shape index (κ2) is 13.0. The van der Waals surface area contributed by atoms with E-state index in [-0.39, 0.29) is 16.1 Å². The number of aromatic carboxylic acids is 1. The molecule has 0 unspecified atom stereocenters. The van der Waals surface area contributed by atoms with Crippen molar-refractivity contribution in [3.63, 3.8) is 0 Å². The lowest BCUT2D eigenvalue weighted by Crippen LogP contribution is -2.46. The molecule has 0 amide bonds. The van der Waals surface area contributed by atoms with E-state index in [4.69, 9.17) is 14.6 Å². The summed E-state index contributed by atoms with van der Waals surface area (Å²) in [5, 5.41) is 16.9. The van der Waals surface area contributed by atoms with Crippen molar-refractivity contribution in [3.05, 3.63) is 77.4 Å². The molecule has 3 N–H and O–H groups in total. The molecule has 1 aliphatic rings. The van der Waals surface area contributed by atoms with Crippen LogP contribution in [0.5, 0.6) is 5.75 Å². The smallest absolute Gasteiger partial charge is 0.490 e. The van der Waals surface area contributed by atoms with Gasteiger partial charge in [-0.3, -0.25) is 4.72 Å². The summed E-state index contributed by atoms with van der Waals surface area (Å²) in [5.74, 6) is -3.43. The molecular formula is C28H30F3N3O7S. The standard InChI is InChI=1S/C26H29N3O5S.C2HF3O2/c1-18-5-4-6-25(19(18)2)29-15-13-28(14-16-29)20-7-12-24(23(17-20)26(30)31)27-35(32,33)22-10-8-21(34-3)9-11-22;3-2(4,5)1(6)7/h4-12,17,27H,13-16H2,1-3H3,(H,30,31);(H,6,7). The summed E-state index contributed by atoms with van der Waals surface area (Å²) in [6.45, 7) is 7.29. The summed E-state index contributed by atoms with van der Waals surface area (Å²) < 4.78 is 64.9. The van der Waals surface area contributed by atoms with Gasteiger partial charge < -0.3 is 24.7 Å². The fraction of sp³-hybridized carbons (Fsp3) is 0.286. The number of carboxylic acids is 2. The first-order chi connectivity index (χ1) is 19.6. The summed E-state index contributed by atoms with van der Waals surface area (Å²) in [4.78, 5) is 25.4. The second-order valence-electron chi connectivity index (χ2n) is 9.31. The minimum atomic E-state index is -5.08. The van der Waals surface area contributed by atoms with Crippen LogP contribution in [-0.4, -0.2) is 70.0 Å². The van der Waals surface area contributed by atoms with Crippen LogP contribution >= 0.6 is 0 Å². The molecule has 1 fully saturated rings. The minimum absolute atomic E-state index is 0.0151. The van der Waals surface area contributed by atoms with E-state index in [1.807, 2.05) is 0 Å². The monoisotopic (exact) mass is 609 g/mol. The number of hydrogen-bond acceptors (Lipinski definition) is 7. The minimum Gasteiger partial charge on any atom is -0.497 e. The van der Waals surface area contributed by atoms with E-state index in [1.54, 1.807) is 6.07 Å². The molecule has 226 valence electrons. The number of sulfonamides is 1. The fourth-order valence-electron chi connectivity index (χ4n) is 4.24. The number of carboxylic acid groups (broad SMARTS) is 2. The van der Waals surface area contributed by atoms with Gasteiger partial charge in [-0.2, -0.15) is 13.2 Å². The number of nitrogens with one attached hydrogen (secondary N) is 1. The van der Waals surface area contributed by atoms with E-state index in [9.17, 15) is 31.5 Å². The van der Waals surface area contributed by atoms with Crippen molar-refractivity contribution in [2.45, 2.75) is 24.9 Å². The number of aliphatic carboxylic acids is 1. The average Bonchev–Trinajstić information content (AvgIpc) is 2.94. The van der Waals surface area contributed by atoms with E-state index >= 15 is 0 Å². The van der Waals surface area contributed by atoms with Gasteiger partial charge >= 0.3 is 18.1 Å². The largest absolute Gasteiger partial charge is 0.497 e. The van der Waals surface area contributed by atoms with Crippen molar-refractivity contribution in [1.29, 1.82) is 0 Å². The third-order valence-electron chi connectivity index (χ3n) is 6.65. The number of halogens is 3. The summed E-state index contributed by atoms with van der Waals surface area (Å²) in [7, 11) is -2.47. The molecule has 1 saturated heterocycles. The fourth-order valence-corrected chi connectivity index (χ4v) is 5.32. The van der Waals surface area contributed by atoms with Gasteiger partial charge in [0.25, 0.3) is 10.0 Å². The van der Waals surface area contributed by atoms with Crippen LogP contribution < -0.4 is 19.3 Å². The Kier molecular flexibility index (Phi) is 9.94. The molecule has 0 aromatic heterocycles. The van der Waals surface area contributed by atoms with Crippen molar-refractivity contribution >= 4 is 39.0 Å². The number of anilines is 3. The summed E-state index contributed by atoms with van der Waals surface area (Å²) in [6.07, 6.45) is -5.08. The predicted octanol–water partition coefficient (Wildman–Crippen LogP) is 4.77. The molecule has 0 spiro atoms. The zero-order valence-electron chi connectivity index (χ0n) is 23.0. The van der Waals surface area contributed by atoms with Crippen molar-refractivity contribution in [3.8, 4) is 5.75 Å². The Hall–Kier alpha value is -4.46. The molecule has 14 heteroatoms. The molecule has 0 radical (unpaired) electrons. The number of benzene rings is 3. The van der Waals surface area contributed by atoms with Crippen LogP contribution in [0.3, 0.4) is 0 Å². The molecular weight excluding hydrogens is 579 g/mol. The van der Waals surface area contributed by atoms with E-state index in [0.717, 1.165) is 31.9 Å². The summed E-state index contributed by atoms with van der Waals surface area (Å²) >= 11 is 0. The van der Waals surface area contributed by atoms with Crippen LogP contribution in [0.1, 0.15) is 21.5 Å². The highest BCUT2D eigenvalue weighted by Gasteiger charge is 2.38. The average molecular weight is 610 g/mol. The number of ether oxygens (including phenoxy) is 1. The molecule has 0 saturated carbocycles. The Balaban J connectivity index is 0.000000616. The topological polar surface area (TPSA) is 136 Å². The van der Waals surface area contributed by atoms with Crippen molar-refractivity contribution < 1.29 is 46.1 Å². The van der Waals surface area contributed by atoms with E-state index < -0.39 is 28.1 Å². The number of rotatable bonds is 7. The molecule has 0 aliphatic carbocycles. The van der Waals surface area contributed by atoms with Crippen LogP contribution in [0.2, 0.25) is 0 Å². The molecule has 4 rings (SSSR count). The number of methoxy groups -OCH3 is 1. The van der Waals surface area contributed by atoms with Gasteiger partial charge in [0.15, 0.2) is 0 Å². The molecule has 42 heavy (non-hydrogen) atoms. The van der Waals surface area contributed by atoms with Crippen molar-refractivity contribution in [2.75, 3.05) is 47.8 Å². The number of nitrogens with zero attached hydrogens (tertiary/aromatic N) is 2. The molecule has 1 aliphatic heterocycles. The lowest BCUT2D eigenvalue weighted by atomic mass is 10.1. The second-order valence-corrected chi connectivity index (χ2v) is 11.0. The molecule has 0 bridgehead atoms. The molecule has 10 nitrogen and oxygen atoms in total. The number of hydrogen-bond donors (Lipinski definition) is 3. The summed E-state index contributed by atoms with van der Waals surface area (Å²) in [6, 6.07) is 17.0. The maximum atomic E-state index is 12.8. The Morgan fingerprint density at radius 3 is 2.00 bits per heavy atom. The Labute approximate surface area is 241 Å². The SMILES string of the molecule is COc1ccc(S(=O)(=O)Nc2ccc(N3CCN(c4cccc(C)c4C)CC3)cc2C(=O)O)cc1.O=C(O)C(F)(F)F. The van der Waals surface area contributed by atoms with Crippen LogP contribution in [0.4, 0.5) is 30.2 Å². The lowest BCUT2D eigenvalue weighted by Gasteiger charge is -2.38. The van der Waals surface area contributed by atoms with Gasteiger partial charge in [0.1, 0.15) is 5.75 Å². The maximum Gasteiger partial charge on any atom is 0.490 e. The van der Waals surface area contributed by atoms with Gasteiger partial charge in [-0.15, -0.1) is 0 Å². The highest BCUT2D eigenvalue weighted by molar-refractivity contribution is 7.92. The number of piperazine rings is 1. The van der Waals surface area contributed by atoms with Crippen molar-refractivity contribution in [2.24, 2.45) is 0 Å². The zero-order chi connectivity index (χ0) is 31.2. The highest BCUT2D eigenvalue weighted by atomic mass is 32.2. The van der Waals surface area contributed by atoms with Crippen LogP contribution in [-0.2, 0) is 14.8 Å². The van der Waals surface area contributed by atoms with Gasteiger partial charge in [-0.25, -0.2) is 18.0 Å². The number of alkyl halides is 3. The normalized spacial score (nSPS) is 13.6. The van der Waals surface area contributed by atoms with Gasteiger partial charge in [0, 0.05) is 37.6 Å². The van der Waals surface area contributed by atoms with Gasteiger partial charge in [-0.1, -0.05) is 12.1 Å². The zero-order valence-corrected chi connectivity index (χ0v) is 23.8. The quantitative estimate of drug-likeness (QED) is 0.346. The molecule has 0 atom stereocenters. The van der Waals surface area contributed by atoms with Gasteiger partial charge in [0.2, 0.25) is 0 Å². The molecule has 3 aromatic carbocycles. The number of carbonyl (C=O) groups is 2. The summed E-state index contributed by atoms with van der Waals surface area (Å²) in [5.41, 5.74) is 4.41. The van der Waals surface area contributed by atoms with Crippen LogP contribution in [0.15, 0.2) is 65.6 Å². The predicted molar refractivity (Wildman–Crippen MR) is 151 cm³/mol. The Bertz CT molecular complexity index is 1540. The first-order valence-corrected chi connectivity index (χ1v) is 14.0. The van der Waals surface area contributed by atoms with Crippen LogP contribution in [0, 0.1) is 13.8 Å². The molecule has 3 aromatic rings.